The third-order valence-electron chi connectivity index (χ3n) is 3.38. The summed E-state index contributed by atoms with van der Waals surface area (Å²) in [5.74, 6) is 0.897. The molecule has 0 aliphatic rings. The van der Waals surface area contributed by atoms with E-state index in [-0.39, 0.29) is 23.8 Å². The third kappa shape index (κ3) is 3.99. The zero-order chi connectivity index (χ0) is 17.8. The minimum atomic E-state index is -0.519. The van der Waals surface area contributed by atoms with Crippen molar-refractivity contribution in [2.75, 3.05) is 0 Å². The van der Waals surface area contributed by atoms with Gasteiger partial charge in [-0.15, -0.1) is 0 Å². The van der Waals surface area contributed by atoms with Crippen LogP contribution < -0.4 is 0 Å². The van der Waals surface area contributed by atoms with E-state index < -0.39 is 4.92 Å². The number of benzene rings is 1. The van der Waals surface area contributed by atoms with Crippen molar-refractivity contribution >= 4 is 17.5 Å². The Balaban J connectivity index is 1.65. The first-order chi connectivity index (χ1) is 12.0. The lowest BCUT2D eigenvalue weighted by molar-refractivity contribution is -0.385. The maximum atomic E-state index is 12.0. The average molecular weight is 339 g/mol. The number of rotatable bonds is 6. The first kappa shape index (κ1) is 16.2. The molecule has 2 heterocycles. The molecule has 0 saturated heterocycles. The first-order valence-electron chi connectivity index (χ1n) is 7.28. The van der Waals surface area contributed by atoms with Crippen LogP contribution in [0.3, 0.4) is 0 Å². The summed E-state index contributed by atoms with van der Waals surface area (Å²) < 4.78 is 6.95. The monoisotopic (exact) mass is 339 g/mol. The zero-order valence-corrected chi connectivity index (χ0v) is 12.9. The second-order valence-corrected chi connectivity index (χ2v) is 5.20. The summed E-state index contributed by atoms with van der Waals surface area (Å²) in [4.78, 5) is 22.1. The van der Waals surface area contributed by atoms with E-state index >= 15 is 0 Å². The van der Waals surface area contributed by atoms with Gasteiger partial charge in [-0.2, -0.15) is 5.10 Å². The molecule has 126 valence electrons. The smallest absolute Gasteiger partial charge is 0.307 e. The van der Waals surface area contributed by atoms with E-state index in [1.54, 1.807) is 12.1 Å². The van der Waals surface area contributed by atoms with Gasteiger partial charge in [0.25, 0.3) is 0 Å². The highest BCUT2D eigenvalue weighted by Gasteiger charge is 2.10. The minimum Gasteiger partial charge on any atom is -0.508 e. The Labute approximate surface area is 141 Å². The van der Waals surface area contributed by atoms with Crippen molar-refractivity contribution in [3.05, 3.63) is 82.1 Å². The van der Waals surface area contributed by atoms with E-state index in [9.17, 15) is 20.0 Å². The quantitative estimate of drug-likeness (QED) is 0.320. The fraction of sp³-hybridized carbons (Fsp3) is 0.0588. The summed E-state index contributed by atoms with van der Waals surface area (Å²) in [5, 5.41) is 23.7. The van der Waals surface area contributed by atoms with E-state index in [1.807, 2.05) is 0 Å². The van der Waals surface area contributed by atoms with Gasteiger partial charge in [0, 0.05) is 5.56 Å². The lowest BCUT2D eigenvalue weighted by Gasteiger charge is -1.96. The summed E-state index contributed by atoms with van der Waals surface area (Å²) in [7, 11) is 0. The summed E-state index contributed by atoms with van der Waals surface area (Å²) >= 11 is 0. The van der Waals surface area contributed by atoms with Gasteiger partial charge in [0.2, 0.25) is 0 Å². The molecule has 0 fully saturated rings. The maximum absolute atomic E-state index is 12.0. The molecule has 1 aromatic carbocycles. The van der Waals surface area contributed by atoms with Crippen LogP contribution in [0.15, 0.2) is 59.3 Å². The van der Waals surface area contributed by atoms with Crippen molar-refractivity contribution in [2.45, 2.75) is 6.54 Å². The third-order valence-corrected chi connectivity index (χ3v) is 3.38. The fourth-order valence-electron chi connectivity index (χ4n) is 2.14. The molecule has 2 aromatic heterocycles. The van der Waals surface area contributed by atoms with Gasteiger partial charge in [-0.05, 0) is 48.6 Å². The molecule has 0 spiro atoms. The summed E-state index contributed by atoms with van der Waals surface area (Å²) in [6.07, 6.45) is 5.38. The van der Waals surface area contributed by atoms with Crippen molar-refractivity contribution in [2.24, 2.45) is 0 Å². The lowest BCUT2D eigenvalue weighted by atomic mass is 10.1. The molecule has 3 aromatic rings. The second-order valence-electron chi connectivity index (χ2n) is 5.20. The largest absolute Gasteiger partial charge is 0.508 e. The first-order valence-corrected chi connectivity index (χ1v) is 7.28. The summed E-state index contributed by atoms with van der Waals surface area (Å²) in [5.41, 5.74) is 0.357. The molecule has 0 atom stereocenters. The molecule has 0 unspecified atom stereocenters. The molecule has 0 bridgehead atoms. The summed E-state index contributed by atoms with van der Waals surface area (Å²) in [6, 6.07) is 9.33. The van der Waals surface area contributed by atoms with Gasteiger partial charge in [0.1, 0.15) is 29.7 Å². The summed E-state index contributed by atoms with van der Waals surface area (Å²) in [6.45, 7) is 0.244. The van der Waals surface area contributed by atoms with Crippen LogP contribution in [-0.4, -0.2) is 25.6 Å². The Morgan fingerprint density at radius 3 is 2.72 bits per heavy atom. The van der Waals surface area contributed by atoms with Crippen LogP contribution >= 0.6 is 0 Å². The number of ketones is 1. The highest BCUT2D eigenvalue weighted by Crippen LogP contribution is 2.15. The van der Waals surface area contributed by atoms with Gasteiger partial charge < -0.3 is 9.52 Å². The van der Waals surface area contributed by atoms with Crippen molar-refractivity contribution in [3.63, 3.8) is 0 Å². The number of hydrogen-bond acceptors (Lipinski definition) is 6. The van der Waals surface area contributed by atoms with Gasteiger partial charge in [0.05, 0.1) is 11.5 Å². The van der Waals surface area contributed by atoms with E-state index in [0.717, 1.165) is 0 Å². The lowest BCUT2D eigenvalue weighted by Crippen LogP contribution is -1.98. The molecule has 0 saturated carbocycles. The van der Waals surface area contributed by atoms with Crippen LogP contribution in [0.4, 0.5) is 5.69 Å². The standard InChI is InChI=1S/C17H13N3O5/c21-14-3-1-12(2-4-14)17(22)8-7-15-5-6-16(25-15)11-19-10-13(9-18-19)20(23)24/h1-10,21H,11H2/b8-7+. The van der Waals surface area contributed by atoms with Crippen molar-refractivity contribution < 1.29 is 19.2 Å². The number of carbonyl (C=O) groups is 1. The Kier molecular flexibility index (Phi) is 4.42. The molecule has 0 aliphatic heterocycles. The number of aromatic nitrogens is 2. The molecular weight excluding hydrogens is 326 g/mol. The van der Waals surface area contributed by atoms with Gasteiger partial charge in [-0.3, -0.25) is 19.6 Å². The van der Waals surface area contributed by atoms with E-state index in [0.29, 0.717) is 17.1 Å². The molecule has 1 N–H and O–H groups in total. The van der Waals surface area contributed by atoms with Crippen LogP contribution in [-0.2, 0) is 6.54 Å². The number of nitrogens with zero attached hydrogens (tertiary/aromatic N) is 3. The van der Waals surface area contributed by atoms with E-state index in [2.05, 4.69) is 5.10 Å². The predicted molar refractivity (Wildman–Crippen MR) is 88.2 cm³/mol. The van der Waals surface area contributed by atoms with Crippen LogP contribution in [0, 0.1) is 10.1 Å². The highest BCUT2D eigenvalue weighted by molar-refractivity contribution is 6.06. The topological polar surface area (TPSA) is 111 Å². The Morgan fingerprint density at radius 2 is 2.04 bits per heavy atom. The van der Waals surface area contributed by atoms with Crippen LogP contribution in [0.5, 0.6) is 5.75 Å². The molecule has 25 heavy (non-hydrogen) atoms. The molecule has 0 radical (unpaired) electrons. The maximum Gasteiger partial charge on any atom is 0.307 e. The zero-order valence-electron chi connectivity index (χ0n) is 12.9. The van der Waals surface area contributed by atoms with Gasteiger partial charge in [-0.25, -0.2) is 0 Å². The normalized spacial score (nSPS) is 11.0. The molecular formula is C17H13N3O5. The van der Waals surface area contributed by atoms with E-state index in [4.69, 9.17) is 4.42 Å². The van der Waals surface area contributed by atoms with Crippen LogP contribution in [0.1, 0.15) is 21.9 Å². The number of allylic oxidation sites excluding steroid dienone is 1. The number of carbonyl (C=O) groups excluding carboxylic acids is 1. The number of phenols is 1. The molecule has 8 heteroatoms. The second kappa shape index (κ2) is 6.83. The number of aromatic hydroxyl groups is 1. The Hall–Kier alpha value is -3.68. The molecule has 3 rings (SSSR count). The van der Waals surface area contributed by atoms with Crippen LogP contribution in [0.25, 0.3) is 6.08 Å². The van der Waals surface area contributed by atoms with Gasteiger partial charge >= 0.3 is 5.69 Å². The van der Waals surface area contributed by atoms with Gasteiger partial charge in [-0.1, -0.05) is 0 Å². The minimum absolute atomic E-state index is 0.0915. The Bertz CT molecular complexity index is 937. The molecule has 0 aliphatic carbocycles. The van der Waals surface area contributed by atoms with E-state index in [1.165, 1.54) is 53.5 Å². The van der Waals surface area contributed by atoms with Gasteiger partial charge in [0.15, 0.2) is 5.78 Å². The fourth-order valence-corrected chi connectivity index (χ4v) is 2.14. The number of hydrogen-bond donors (Lipinski definition) is 1. The average Bonchev–Trinajstić information content (AvgIpc) is 3.23. The Morgan fingerprint density at radius 1 is 1.28 bits per heavy atom. The van der Waals surface area contributed by atoms with Crippen molar-refractivity contribution in [1.82, 2.24) is 9.78 Å². The number of nitro groups is 1. The predicted octanol–water partition coefficient (Wildman–Crippen LogP) is 3.03. The SMILES string of the molecule is O=C(/C=C/c1ccc(Cn2cc([N+](=O)[O-])cn2)o1)c1ccc(O)cc1. The molecule has 8 nitrogen and oxygen atoms in total. The van der Waals surface area contributed by atoms with Crippen molar-refractivity contribution in [1.29, 1.82) is 0 Å². The molecule has 0 amide bonds. The van der Waals surface area contributed by atoms with Crippen molar-refractivity contribution in [3.8, 4) is 5.75 Å². The number of furan rings is 1. The highest BCUT2D eigenvalue weighted by atomic mass is 16.6. The number of phenolic OH excluding ortho intramolecular Hbond substituents is 1. The van der Waals surface area contributed by atoms with Crippen LogP contribution in [0.2, 0.25) is 0 Å².